The van der Waals surface area contributed by atoms with Gasteiger partial charge in [-0.3, -0.25) is 0 Å². The van der Waals surface area contributed by atoms with Gasteiger partial charge in [-0.2, -0.15) is 0 Å². The smallest absolute Gasteiger partial charge is 0.182 e. The van der Waals surface area contributed by atoms with Gasteiger partial charge >= 0.3 is 0 Å². The lowest BCUT2D eigenvalue weighted by molar-refractivity contribution is 0.653. The summed E-state index contributed by atoms with van der Waals surface area (Å²) in [6.45, 7) is 2.69. The first-order valence-corrected chi connectivity index (χ1v) is 7.30. The highest BCUT2D eigenvalue weighted by molar-refractivity contribution is 9.10. The molecule has 6 heteroatoms. The predicted octanol–water partition coefficient (Wildman–Crippen LogP) is 3.04. The van der Waals surface area contributed by atoms with Crippen LogP contribution >= 0.6 is 15.9 Å². The minimum absolute atomic E-state index is 0.624. The number of nitrogen functional groups attached to an aromatic ring is 1. The molecule has 2 aromatic carbocycles. The van der Waals surface area contributed by atoms with Gasteiger partial charge in [0.15, 0.2) is 5.82 Å². The molecule has 0 unspecified atom stereocenters. The molecule has 3 rings (SSSR count). The van der Waals surface area contributed by atoms with Gasteiger partial charge in [-0.1, -0.05) is 29.8 Å². The summed E-state index contributed by atoms with van der Waals surface area (Å²) in [6, 6.07) is 14.0. The Morgan fingerprint density at radius 1 is 1.14 bits per heavy atom. The average molecular weight is 344 g/mol. The van der Waals surface area contributed by atoms with E-state index in [0.717, 1.165) is 15.6 Å². The maximum Gasteiger partial charge on any atom is 0.182 e. The van der Waals surface area contributed by atoms with E-state index in [1.807, 2.05) is 18.2 Å². The van der Waals surface area contributed by atoms with Gasteiger partial charge in [0.25, 0.3) is 0 Å². The monoisotopic (exact) mass is 343 g/mol. The van der Waals surface area contributed by atoms with Crippen LogP contribution in [0.5, 0.6) is 0 Å². The van der Waals surface area contributed by atoms with E-state index in [1.165, 1.54) is 5.56 Å². The summed E-state index contributed by atoms with van der Waals surface area (Å²) in [5.74, 6) is 0.703. The number of nitrogens with two attached hydrogens (primary N) is 1. The Bertz CT molecular complexity index is 764. The molecule has 0 fully saturated rings. The van der Waals surface area contributed by atoms with Crippen LogP contribution in [0, 0.1) is 6.92 Å². The zero-order chi connectivity index (χ0) is 14.8. The number of anilines is 1. The Kier molecular flexibility index (Phi) is 3.70. The molecule has 0 aliphatic rings. The molecular weight excluding hydrogens is 330 g/mol. The summed E-state index contributed by atoms with van der Waals surface area (Å²) in [7, 11) is 0. The van der Waals surface area contributed by atoms with Crippen LogP contribution in [-0.2, 0) is 6.54 Å². The lowest BCUT2D eigenvalue weighted by atomic mass is 10.1. The van der Waals surface area contributed by atoms with E-state index in [-0.39, 0.29) is 0 Å². The van der Waals surface area contributed by atoms with E-state index in [4.69, 9.17) is 5.73 Å². The number of aromatic nitrogens is 4. The molecule has 1 heterocycles. The van der Waals surface area contributed by atoms with E-state index < -0.39 is 0 Å². The van der Waals surface area contributed by atoms with Gasteiger partial charge in [0.05, 0.1) is 6.54 Å². The molecule has 1 aromatic heterocycles. The molecule has 5 nitrogen and oxygen atoms in total. The maximum absolute atomic E-state index is 5.92. The SMILES string of the molecule is Cc1ccc(Cn2nnnc2-c2ccc(Br)c(N)c2)cc1. The van der Waals surface area contributed by atoms with Gasteiger partial charge in [0.2, 0.25) is 0 Å². The van der Waals surface area contributed by atoms with Gasteiger partial charge in [-0.25, -0.2) is 4.68 Å². The Balaban J connectivity index is 1.93. The molecule has 0 bridgehead atoms. The van der Waals surface area contributed by atoms with E-state index in [1.54, 1.807) is 4.68 Å². The largest absolute Gasteiger partial charge is 0.398 e. The summed E-state index contributed by atoms with van der Waals surface area (Å²) in [6.07, 6.45) is 0. The third kappa shape index (κ3) is 2.95. The second-order valence-corrected chi connectivity index (χ2v) is 5.74. The summed E-state index contributed by atoms with van der Waals surface area (Å²) in [5.41, 5.74) is 9.87. The molecule has 0 saturated carbocycles. The topological polar surface area (TPSA) is 69.6 Å². The van der Waals surface area contributed by atoms with Crippen LogP contribution in [0.15, 0.2) is 46.9 Å². The summed E-state index contributed by atoms with van der Waals surface area (Å²) >= 11 is 3.39. The van der Waals surface area contributed by atoms with Crippen molar-refractivity contribution in [3.63, 3.8) is 0 Å². The van der Waals surface area contributed by atoms with Gasteiger partial charge < -0.3 is 5.73 Å². The fraction of sp³-hybridized carbons (Fsp3) is 0.133. The summed E-state index contributed by atoms with van der Waals surface area (Å²) in [5, 5.41) is 11.9. The van der Waals surface area contributed by atoms with Crippen molar-refractivity contribution in [3.05, 3.63) is 58.1 Å². The average Bonchev–Trinajstić information content (AvgIpc) is 2.92. The van der Waals surface area contributed by atoms with Crippen LogP contribution in [0.3, 0.4) is 0 Å². The molecular formula is C15H14BrN5. The van der Waals surface area contributed by atoms with Crippen LogP contribution in [0.25, 0.3) is 11.4 Å². The van der Waals surface area contributed by atoms with E-state index in [0.29, 0.717) is 18.1 Å². The Hall–Kier alpha value is -2.21. The highest BCUT2D eigenvalue weighted by Crippen LogP contribution is 2.25. The number of tetrazole rings is 1. The quantitative estimate of drug-likeness (QED) is 0.742. The molecule has 0 aliphatic heterocycles. The summed E-state index contributed by atoms with van der Waals surface area (Å²) in [4.78, 5) is 0. The number of benzene rings is 2. The van der Waals surface area contributed by atoms with E-state index in [9.17, 15) is 0 Å². The molecule has 3 aromatic rings. The van der Waals surface area contributed by atoms with Crippen LogP contribution in [0.2, 0.25) is 0 Å². The lowest BCUT2D eigenvalue weighted by Crippen LogP contribution is -2.04. The molecule has 21 heavy (non-hydrogen) atoms. The van der Waals surface area contributed by atoms with Gasteiger partial charge in [0.1, 0.15) is 0 Å². The molecule has 0 radical (unpaired) electrons. The van der Waals surface area contributed by atoms with Gasteiger partial charge in [-0.05, 0) is 57.0 Å². The van der Waals surface area contributed by atoms with Crippen LogP contribution in [0.1, 0.15) is 11.1 Å². The molecule has 0 spiro atoms. The molecule has 0 saturated heterocycles. The van der Waals surface area contributed by atoms with Crippen molar-refractivity contribution in [2.75, 3.05) is 5.73 Å². The molecule has 2 N–H and O–H groups in total. The number of halogens is 1. The third-order valence-corrected chi connectivity index (χ3v) is 3.96. The number of nitrogens with zero attached hydrogens (tertiary/aromatic N) is 4. The van der Waals surface area contributed by atoms with Crippen molar-refractivity contribution in [1.82, 2.24) is 20.2 Å². The second kappa shape index (κ2) is 5.65. The highest BCUT2D eigenvalue weighted by atomic mass is 79.9. The fourth-order valence-electron chi connectivity index (χ4n) is 2.07. The first kappa shape index (κ1) is 13.8. The second-order valence-electron chi connectivity index (χ2n) is 4.88. The summed E-state index contributed by atoms with van der Waals surface area (Å²) < 4.78 is 2.64. The molecule has 0 aliphatic carbocycles. The number of hydrogen-bond acceptors (Lipinski definition) is 4. The van der Waals surface area contributed by atoms with Crippen molar-refractivity contribution in [1.29, 1.82) is 0 Å². The van der Waals surface area contributed by atoms with Crippen molar-refractivity contribution in [3.8, 4) is 11.4 Å². The minimum Gasteiger partial charge on any atom is -0.398 e. The normalized spacial score (nSPS) is 10.8. The standard InChI is InChI=1S/C15H14BrN5/c1-10-2-4-11(5-3-10)9-21-15(18-19-20-21)12-6-7-13(16)14(17)8-12/h2-8H,9,17H2,1H3. The Morgan fingerprint density at radius 3 is 2.62 bits per heavy atom. The Morgan fingerprint density at radius 2 is 1.90 bits per heavy atom. The van der Waals surface area contributed by atoms with Crippen molar-refractivity contribution in [2.45, 2.75) is 13.5 Å². The fourth-order valence-corrected chi connectivity index (χ4v) is 2.31. The number of rotatable bonds is 3. The van der Waals surface area contributed by atoms with E-state index in [2.05, 4.69) is 62.6 Å². The minimum atomic E-state index is 0.624. The predicted molar refractivity (Wildman–Crippen MR) is 85.6 cm³/mol. The van der Waals surface area contributed by atoms with Gasteiger partial charge in [-0.15, -0.1) is 5.10 Å². The van der Waals surface area contributed by atoms with Crippen molar-refractivity contribution in [2.24, 2.45) is 0 Å². The third-order valence-electron chi connectivity index (χ3n) is 3.24. The van der Waals surface area contributed by atoms with Crippen LogP contribution < -0.4 is 5.73 Å². The zero-order valence-electron chi connectivity index (χ0n) is 11.5. The Labute approximate surface area is 130 Å². The molecule has 0 atom stereocenters. The first-order chi connectivity index (χ1) is 10.1. The van der Waals surface area contributed by atoms with Gasteiger partial charge in [0, 0.05) is 15.7 Å². The van der Waals surface area contributed by atoms with Crippen LogP contribution in [-0.4, -0.2) is 20.2 Å². The van der Waals surface area contributed by atoms with Crippen molar-refractivity contribution < 1.29 is 0 Å². The molecule has 106 valence electrons. The number of aryl methyl sites for hydroxylation is 1. The highest BCUT2D eigenvalue weighted by Gasteiger charge is 2.10. The van der Waals surface area contributed by atoms with Crippen LogP contribution in [0.4, 0.5) is 5.69 Å². The van der Waals surface area contributed by atoms with Crippen molar-refractivity contribution >= 4 is 21.6 Å². The first-order valence-electron chi connectivity index (χ1n) is 6.50. The lowest BCUT2D eigenvalue weighted by Gasteiger charge is -2.06. The maximum atomic E-state index is 5.92. The zero-order valence-corrected chi connectivity index (χ0v) is 13.1. The number of hydrogen-bond donors (Lipinski definition) is 1. The van der Waals surface area contributed by atoms with E-state index >= 15 is 0 Å². The molecule has 0 amide bonds.